The highest BCUT2D eigenvalue weighted by molar-refractivity contribution is 5.84. The van der Waals surface area contributed by atoms with Crippen LogP contribution in [-0.4, -0.2) is 45.3 Å². The van der Waals surface area contributed by atoms with Gasteiger partial charge in [-0.25, -0.2) is 4.39 Å². The van der Waals surface area contributed by atoms with Crippen molar-refractivity contribution >= 4 is 11.6 Å². The number of nitrogens with two attached hydrogens (primary N) is 1. The fourth-order valence-corrected chi connectivity index (χ4v) is 2.01. The van der Waals surface area contributed by atoms with E-state index in [9.17, 15) is 9.18 Å². The van der Waals surface area contributed by atoms with Gasteiger partial charge < -0.3 is 20.7 Å². The molecule has 5 nitrogen and oxygen atoms in total. The van der Waals surface area contributed by atoms with Crippen molar-refractivity contribution in [2.24, 2.45) is 5.73 Å². The van der Waals surface area contributed by atoms with Crippen LogP contribution in [-0.2, 0) is 9.53 Å². The van der Waals surface area contributed by atoms with E-state index in [2.05, 4.69) is 5.32 Å². The fourth-order valence-electron chi connectivity index (χ4n) is 2.01. The lowest BCUT2D eigenvalue weighted by Crippen LogP contribution is -2.46. The molecular formula is C15H24FN3O2. The molecule has 21 heavy (non-hydrogen) atoms. The molecule has 1 aromatic carbocycles. The predicted octanol–water partition coefficient (Wildman–Crippen LogP) is 1.13. The molecule has 0 saturated heterocycles. The van der Waals surface area contributed by atoms with Gasteiger partial charge in [0.25, 0.3) is 0 Å². The molecular weight excluding hydrogens is 273 g/mol. The van der Waals surface area contributed by atoms with Gasteiger partial charge in [-0.1, -0.05) is 0 Å². The van der Waals surface area contributed by atoms with Crippen molar-refractivity contribution in [2.75, 3.05) is 38.3 Å². The number of halogens is 1. The summed E-state index contributed by atoms with van der Waals surface area (Å²) in [6, 6.07) is 5.76. The standard InChI is InChI=1S/C15H24FN3O2/c1-12(15(20)18-9-11-21-2)19(10-3-8-17)14-6-4-13(16)5-7-14/h4-7,12H,3,8-11,17H2,1-2H3,(H,18,20). The summed E-state index contributed by atoms with van der Waals surface area (Å²) in [4.78, 5) is 14.1. The molecule has 0 radical (unpaired) electrons. The number of methoxy groups -OCH3 is 1. The minimum Gasteiger partial charge on any atom is -0.383 e. The van der Waals surface area contributed by atoms with Crippen LogP contribution in [0.1, 0.15) is 13.3 Å². The topological polar surface area (TPSA) is 67.6 Å². The third kappa shape index (κ3) is 5.69. The molecule has 1 amide bonds. The number of anilines is 1. The van der Waals surface area contributed by atoms with Gasteiger partial charge in [-0.3, -0.25) is 4.79 Å². The minimum absolute atomic E-state index is 0.0894. The summed E-state index contributed by atoms with van der Waals surface area (Å²) in [5.41, 5.74) is 6.35. The van der Waals surface area contributed by atoms with E-state index in [0.29, 0.717) is 26.2 Å². The van der Waals surface area contributed by atoms with Crippen LogP contribution in [0.5, 0.6) is 0 Å². The van der Waals surface area contributed by atoms with E-state index in [4.69, 9.17) is 10.5 Å². The fraction of sp³-hybridized carbons (Fsp3) is 0.533. The zero-order valence-corrected chi connectivity index (χ0v) is 12.6. The molecule has 3 N–H and O–H groups in total. The van der Waals surface area contributed by atoms with E-state index < -0.39 is 0 Å². The lowest BCUT2D eigenvalue weighted by molar-refractivity contribution is -0.122. The Morgan fingerprint density at radius 1 is 1.43 bits per heavy atom. The smallest absolute Gasteiger partial charge is 0.242 e. The lowest BCUT2D eigenvalue weighted by Gasteiger charge is -2.30. The van der Waals surface area contributed by atoms with E-state index in [0.717, 1.165) is 12.1 Å². The molecule has 0 aromatic heterocycles. The molecule has 0 aliphatic heterocycles. The number of benzene rings is 1. The Kier molecular flexibility index (Phi) is 7.71. The van der Waals surface area contributed by atoms with Crippen LogP contribution in [0, 0.1) is 5.82 Å². The van der Waals surface area contributed by atoms with Gasteiger partial charge in [-0.15, -0.1) is 0 Å². The van der Waals surface area contributed by atoms with Crippen molar-refractivity contribution in [1.29, 1.82) is 0 Å². The van der Waals surface area contributed by atoms with Crippen LogP contribution in [0.4, 0.5) is 10.1 Å². The molecule has 1 atom stereocenters. The van der Waals surface area contributed by atoms with Crippen molar-refractivity contribution in [1.82, 2.24) is 5.32 Å². The Labute approximate surface area is 125 Å². The lowest BCUT2D eigenvalue weighted by atomic mass is 10.2. The largest absolute Gasteiger partial charge is 0.383 e. The Morgan fingerprint density at radius 2 is 2.10 bits per heavy atom. The normalized spacial score (nSPS) is 12.0. The summed E-state index contributed by atoms with van der Waals surface area (Å²) in [6.07, 6.45) is 0.757. The molecule has 0 aliphatic carbocycles. The number of hydrogen-bond acceptors (Lipinski definition) is 4. The number of amides is 1. The molecule has 0 spiro atoms. The molecule has 0 heterocycles. The number of rotatable bonds is 9. The van der Waals surface area contributed by atoms with Gasteiger partial charge >= 0.3 is 0 Å². The Balaban J connectivity index is 2.75. The number of ether oxygens (including phenoxy) is 1. The molecule has 1 aromatic rings. The van der Waals surface area contributed by atoms with E-state index in [1.807, 2.05) is 11.8 Å². The molecule has 1 rings (SSSR count). The maximum atomic E-state index is 13.0. The highest BCUT2D eigenvalue weighted by Crippen LogP contribution is 2.18. The molecule has 118 valence electrons. The van der Waals surface area contributed by atoms with E-state index in [-0.39, 0.29) is 17.8 Å². The van der Waals surface area contributed by atoms with Crippen molar-refractivity contribution in [2.45, 2.75) is 19.4 Å². The second-order valence-electron chi connectivity index (χ2n) is 4.77. The third-order valence-corrected chi connectivity index (χ3v) is 3.21. The van der Waals surface area contributed by atoms with Gasteiger partial charge in [-0.05, 0) is 44.2 Å². The molecule has 0 fully saturated rings. The quantitative estimate of drug-likeness (QED) is 0.671. The second kappa shape index (κ2) is 9.31. The van der Waals surface area contributed by atoms with E-state index in [1.54, 1.807) is 19.2 Å². The summed E-state index contributed by atoms with van der Waals surface area (Å²) in [6.45, 7) is 3.93. The van der Waals surface area contributed by atoms with Crippen LogP contribution in [0.25, 0.3) is 0 Å². The highest BCUT2D eigenvalue weighted by atomic mass is 19.1. The molecule has 0 aliphatic rings. The average Bonchev–Trinajstić information content (AvgIpc) is 2.49. The van der Waals surface area contributed by atoms with Gasteiger partial charge in [0.05, 0.1) is 6.61 Å². The SMILES string of the molecule is COCCNC(=O)C(C)N(CCCN)c1ccc(F)cc1. The molecule has 6 heteroatoms. The average molecular weight is 297 g/mol. The van der Waals surface area contributed by atoms with Crippen LogP contribution in [0.15, 0.2) is 24.3 Å². The Bertz CT molecular complexity index is 425. The number of nitrogens with zero attached hydrogens (tertiary/aromatic N) is 1. The summed E-state index contributed by atoms with van der Waals surface area (Å²) < 4.78 is 17.9. The molecule has 0 bridgehead atoms. The summed E-state index contributed by atoms with van der Waals surface area (Å²) in [5.74, 6) is -0.386. The zero-order chi connectivity index (χ0) is 15.7. The summed E-state index contributed by atoms with van der Waals surface area (Å²) in [7, 11) is 1.58. The first-order valence-corrected chi connectivity index (χ1v) is 7.09. The van der Waals surface area contributed by atoms with Crippen molar-refractivity contribution in [3.63, 3.8) is 0 Å². The van der Waals surface area contributed by atoms with Gasteiger partial charge in [-0.2, -0.15) is 0 Å². The number of carbonyl (C=O) groups excluding carboxylic acids is 1. The van der Waals surface area contributed by atoms with E-state index in [1.165, 1.54) is 12.1 Å². The Morgan fingerprint density at radius 3 is 2.67 bits per heavy atom. The first-order valence-electron chi connectivity index (χ1n) is 7.09. The molecule has 0 saturated carbocycles. The van der Waals surface area contributed by atoms with E-state index >= 15 is 0 Å². The first-order chi connectivity index (χ1) is 10.1. The predicted molar refractivity (Wildman–Crippen MR) is 81.8 cm³/mol. The minimum atomic E-state index is -0.362. The number of carbonyl (C=O) groups is 1. The maximum Gasteiger partial charge on any atom is 0.242 e. The summed E-state index contributed by atoms with van der Waals surface area (Å²) >= 11 is 0. The van der Waals surface area contributed by atoms with Gasteiger partial charge in [0.15, 0.2) is 0 Å². The maximum absolute atomic E-state index is 13.0. The van der Waals surface area contributed by atoms with Gasteiger partial charge in [0.1, 0.15) is 11.9 Å². The van der Waals surface area contributed by atoms with Crippen molar-refractivity contribution < 1.29 is 13.9 Å². The number of nitrogens with one attached hydrogen (secondary N) is 1. The third-order valence-electron chi connectivity index (χ3n) is 3.21. The van der Waals surface area contributed by atoms with Gasteiger partial charge in [0.2, 0.25) is 5.91 Å². The Hall–Kier alpha value is -1.66. The second-order valence-corrected chi connectivity index (χ2v) is 4.77. The first kappa shape index (κ1) is 17.4. The zero-order valence-electron chi connectivity index (χ0n) is 12.6. The monoisotopic (exact) mass is 297 g/mol. The van der Waals surface area contributed by atoms with Crippen molar-refractivity contribution in [3.05, 3.63) is 30.1 Å². The molecule has 1 unspecified atom stereocenters. The van der Waals surface area contributed by atoms with Crippen LogP contribution in [0.3, 0.4) is 0 Å². The highest BCUT2D eigenvalue weighted by Gasteiger charge is 2.21. The summed E-state index contributed by atoms with van der Waals surface area (Å²) in [5, 5.41) is 2.81. The van der Waals surface area contributed by atoms with Crippen LogP contribution >= 0.6 is 0 Å². The number of hydrogen-bond donors (Lipinski definition) is 2. The van der Waals surface area contributed by atoms with Crippen LogP contribution in [0.2, 0.25) is 0 Å². The van der Waals surface area contributed by atoms with Crippen LogP contribution < -0.4 is 16.0 Å². The van der Waals surface area contributed by atoms with Gasteiger partial charge in [0, 0.05) is 25.9 Å². The van der Waals surface area contributed by atoms with Crippen molar-refractivity contribution in [3.8, 4) is 0 Å².